The number of hydrogen-bond acceptors (Lipinski definition) is 4. The van der Waals surface area contributed by atoms with Gasteiger partial charge < -0.3 is 19.7 Å². The first-order chi connectivity index (χ1) is 11.4. The molecule has 4 rings (SSSR count). The number of nitrogens with one attached hydrogen (secondary N) is 1. The number of fused-ring (bicyclic) bond motifs is 3. The van der Waals surface area contributed by atoms with Gasteiger partial charge in [0.05, 0.1) is 13.2 Å². The number of amides is 1. The minimum absolute atomic E-state index is 0.144. The molecular formula is C19H26N2O3. The first kappa shape index (κ1) is 15.8. The second kappa shape index (κ2) is 5.38. The van der Waals surface area contributed by atoms with Gasteiger partial charge in [-0.1, -0.05) is 6.07 Å². The summed E-state index contributed by atoms with van der Waals surface area (Å²) in [6, 6.07) is 4.59. The van der Waals surface area contributed by atoms with Crippen LogP contribution in [0, 0.1) is 0 Å². The van der Waals surface area contributed by atoms with Crippen molar-refractivity contribution in [3.63, 3.8) is 0 Å². The lowest BCUT2D eigenvalue weighted by atomic mass is 9.74. The third-order valence-corrected chi connectivity index (χ3v) is 5.42. The highest BCUT2D eigenvalue weighted by Crippen LogP contribution is 2.46. The number of ether oxygens (including phenoxy) is 2. The Balaban J connectivity index is 1.50. The second-order valence-electron chi connectivity index (χ2n) is 8.26. The number of hydrogen-bond donors (Lipinski definition) is 1. The summed E-state index contributed by atoms with van der Waals surface area (Å²) >= 11 is 0. The number of rotatable bonds is 0. The molecule has 3 heterocycles. The third-order valence-electron chi connectivity index (χ3n) is 5.42. The zero-order valence-corrected chi connectivity index (χ0v) is 14.8. The molecule has 1 aromatic rings. The molecule has 1 amide bonds. The molecule has 0 atom stereocenters. The van der Waals surface area contributed by atoms with Gasteiger partial charge in [-0.25, -0.2) is 4.79 Å². The summed E-state index contributed by atoms with van der Waals surface area (Å²) in [7, 11) is 0. The van der Waals surface area contributed by atoms with Crippen molar-refractivity contribution in [3.05, 3.63) is 28.8 Å². The van der Waals surface area contributed by atoms with Crippen LogP contribution in [0.4, 0.5) is 10.5 Å². The minimum Gasteiger partial charge on any atom is -0.444 e. The molecule has 5 nitrogen and oxygen atoms in total. The monoisotopic (exact) mass is 330 g/mol. The van der Waals surface area contributed by atoms with Gasteiger partial charge in [0.25, 0.3) is 0 Å². The molecule has 0 saturated carbocycles. The standard InChI is InChI=1S/C19H26N2O3/c1-18(2,3)24-17(22)21-6-4-19(5-7-21)12-20-16-9-14-11-23-10-13(14)8-15(16)19/h8-9,20H,4-7,10-12H2,1-3H3. The Hall–Kier alpha value is -1.75. The van der Waals surface area contributed by atoms with Crippen LogP contribution in [0.5, 0.6) is 0 Å². The molecule has 0 aliphatic carbocycles. The Labute approximate surface area is 143 Å². The van der Waals surface area contributed by atoms with Crippen LogP contribution in [0.2, 0.25) is 0 Å². The van der Waals surface area contributed by atoms with E-state index in [2.05, 4.69) is 17.4 Å². The molecule has 3 aliphatic rings. The predicted molar refractivity (Wildman–Crippen MR) is 92.1 cm³/mol. The Kier molecular flexibility index (Phi) is 3.53. The van der Waals surface area contributed by atoms with Crippen molar-refractivity contribution in [2.75, 3.05) is 25.0 Å². The maximum atomic E-state index is 12.3. The summed E-state index contributed by atoms with van der Waals surface area (Å²) in [4.78, 5) is 14.1. The molecule has 1 fully saturated rings. The normalized spacial score (nSPS) is 21.4. The number of carbonyl (C=O) groups excluding carboxylic acids is 1. The number of anilines is 1. The second-order valence-corrected chi connectivity index (χ2v) is 8.26. The first-order valence-corrected chi connectivity index (χ1v) is 8.82. The lowest BCUT2D eigenvalue weighted by Gasteiger charge is -2.39. The molecule has 1 spiro atoms. The maximum absolute atomic E-state index is 12.3. The van der Waals surface area contributed by atoms with Crippen LogP contribution in [0.3, 0.4) is 0 Å². The van der Waals surface area contributed by atoms with Crippen molar-refractivity contribution in [2.45, 2.75) is 57.8 Å². The lowest BCUT2D eigenvalue weighted by Crippen LogP contribution is -2.47. The van der Waals surface area contributed by atoms with E-state index in [4.69, 9.17) is 9.47 Å². The Morgan fingerprint density at radius 2 is 1.88 bits per heavy atom. The van der Waals surface area contributed by atoms with Crippen molar-refractivity contribution in [1.29, 1.82) is 0 Å². The summed E-state index contributed by atoms with van der Waals surface area (Å²) < 4.78 is 11.1. The molecule has 1 N–H and O–H groups in total. The molecular weight excluding hydrogens is 304 g/mol. The quantitative estimate of drug-likeness (QED) is 0.792. The van der Waals surface area contributed by atoms with Gasteiger partial charge in [-0.3, -0.25) is 0 Å². The van der Waals surface area contributed by atoms with E-state index in [0.29, 0.717) is 0 Å². The maximum Gasteiger partial charge on any atom is 0.410 e. The van der Waals surface area contributed by atoms with Crippen LogP contribution >= 0.6 is 0 Å². The van der Waals surface area contributed by atoms with Crippen molar-refractivity contribution in [2.24, 2.45) is 0 Å². The zero-order chi connectivity index (χ0) is 16.9. The fraction of sp³-hybridized carbons (Fsp3) is 0.632. The molecule has 24 heavy (non-hydrogen) atoms. The van der Waals surface area contributed by atoms with Gasteiger partial charge in [-0.2, -0.15) is 0 Å². The highest BCUT2D eigenvalue weighted by Gasteiger charge is 2.43. The molecule has 0 bridgehead atoms. The highest BCUT2D eigenvalue weighted by molar-refractivity contribution is 5.69. The van der Waals surface area contributed by atoms with Gasteiger partial charge in [-0.15, -0.1) is 0 Å². The summed E-state index contributed by atoms with van der Waals surface area (Å²) in [5.74, 6) is 0. The largest absolute Gasteiger partial charge is 0.444 e. The van der Waals surface area contributed by atoms with Crippen LogP contribution in [-0.2, 0) is 28.1 Å². The van der Waals surface area contributed by atoms with Gasteiger partial charge in [0.2, 0.25) is 0 Å². The van der Waals surface area contributed by atoms with Gasteiger partial charge in [-0.05, 0) is 56.4 Å². The molecule has 1 aromatic carbocycles. The summed E-state index contributed by atoms with van der Waals surface area (Å²) in [6.07, 6.45) is 1.77. The van der Waals surface area contributed by atoms with E-state index in [1.54, 1.807) is 0 Å². The Bertz CT molecular complexity index is 670. The predicted octanol–water partition coefficient (Wildman–Crippen LogP) is 3.41. The van der Waals surface area contributed by atoms with Crippen LogP contribution in [0.1, 0.15) is 50.3 Å². The molecule has 3 aliphatic heterocycles. The van der Waals surface area contributed by atoms with Gasteiger partial charge in [0.15, 0.2) is 0 Å². The van der Waals surface area contributed by atoms with E-state index >= 15 is 0 Å². The number of carbonyl (C=O) groups is 1. The minimum atomic E-state index is -0.436. The summed E-state index contributed by atoms with van der Waals surface area (Å²) in [5, 5.41) is 3.58. The lowest BCUT2D eigenvalue weighted by molar-refractivity contribution is 0.0172. The average molecular weight is 330 g/mol. The van der Waals surface area contributed by atoms with Crippen molar-refractivity contribution in [1.82, 2.24) is 4.90 Å². The number of piperidine rings is 1. The Morgan fingerprint density at radius 1 is 1.21 bits per heavy atom. The van der Waals surface area contributed by atoms with Crippen molar-refractivity contribution < 1.29 is 14.3 Å². The van der Waals surface area contributed by atoms with Gasteiger partial charge >= 0.3 is 6.09 Å². The van der Waals surface area contributed by atoms with Gasteiger partial charge in [0.1, 0.15) is 5.60 Å². The summed E-state index contributed by atoms with van der Waals surface area (Å²) in [6.45, 7) is 9.66. The SMILES string of the molecule is CC(C)(C)OC(=O)N1CCC2(CC1)CNc1cc3c(cc12)COC3. The topological polar surface area (TPSA) is 50.8 Å². The third kappa shape index (κ3) is 2.65. The molecule has 0 unspecified atom stereocenters. The van der Waals surface area contributed by atoms with Gasteiger partial charge in [0, 0.05) is 30.7 Å². The van der Waals surface area contributed by atoms with E-state index < -0.39 is 5.60 Å². The molecule has 0 aromatic heterocycles. The zero-order valence-electron chi connectivity index (χ0n) is 14.8. The smallest absolute Gasteiger partial charge is 0.410 e. The number of likely N-dealkylation sites (tertiary alicyclic amines) is 1. The van der Waals surface area contributed by atoms with E-state index in [1.807, 2.05) is 25.7 Å². The van der Waals surface area contributed by atoms with Crippen LogP contribution in [-0.4, -0.2) is 36.2 Å². The van der Waals surface area contributed by atoms with Crippen molar-refractivity contribution in [3.8, 4) is 0 Å². The first-order valence-electron chi connectivity index (χ1n) is 8.82. The molecule has 1 saturated heterocycles. The van der Waals surface area contributed by atoms with E-state index in [-0.39, 0.29) is 11.5 Å². The van der Waals surface area contributed by atoms with E-state index in [9.17, 15) is 4.79 Å². The average Bonchev–Trinajstić information content (AvgIpc) is 3.10. The van der Waals surface area contributed by atoms with Crippen LogP contribution in [0.15, 0.2) is 12.1 Å². The van der Waals surface area contributed by atoms with Crippen molar-refractivity contribution >= 4 is 11.8 Å². The summed E-state index contributed by atoms with van der Waals surface area (Å²) in [5.41, 5.74) is 5.01. The van der Waals surface area contributed by atoms with Crippen LogP contribution < -0.4 is 5.32 Å². The fourth-order valence-corrected chi connectivity index (χ4v) is 4.06. The Morgan fingerprint density at radius 3 is 2.54 bits per heavy atom. The number of benzene rings is 1. The van der Waals surface area contributed by atoms with E-state index in [1.165, 1.54) is 22.4 Å². The molecule has 0 radical (unpaired) electrons. The fourth-order valence-electron chi connectivity index (χ4n) is 4.06. The van der Waals surface area contributed by atoms with E-state index in [0.717, 1.165) is 45.7 Å². The highest BCUT2D eigenvalue weighted by atomic mass is 16.6. The molecule has 5 heteroatoms. The molecule has 130 valence electrons. The number of nitrogens with zero attached hydrogens (tertiary/aromatic N) is 1. The van der Waals surface area contributed by atoms with Crippen LogP contribution in [0.25, 0.3) is 0 Å².